The molecule has 3 aromatic carbocycles. The Morgan fingerprint density at radius 1 is 0.875 bits per heavy atom. The smallest absolute Gasteiger partial charge is 0.127 e. The normalized spacial score (nSPS) is 10.9. The standard InChI is InChI=1S/C22H19NO/c1-16-14-23-21-13-18(11-12-19(16)21)20-9-5-6-10-22(20)24-15-17-7-3-2-4-8-17/h2-14,23H,15H2,1H3. The average molecular weight is 313 g/mol. The highest BCUT2D eigenvalue weighted by Gasteiger charge is 2.08. The van der Waals surface area contributed by atoms with Crippen LogP contribution in [0, 0.1) is 6.92 Å². The number of fused-ring (bicyclic) bond motifs is 1. The van der Waals surface area contributed by atoms with Crippen molar-refractivity contribution in [2.75, 3.05) is 0 Å². The molecular weight excluding hydrogens is 294 g/mol. The molecule has 2 heteroatoms. The Balaban J connectivity index is 1.67. The maximum atomic E-state index is 6.08. The van der Waals surface area contributed by atoms with Crippen LogP contribution in [0.1, 0.15) is 11.1 Å². The molecule has 0 unspecified atom stereocenters. The fraction of sp³-hybridized carbons (Fsp3) is 0.0909. The fourth-order valence-corrected chi connectivity index (χ4v) is 3.01. The van der Waals surface area contributed by atoms with Crippen molar-refractivity contribution in [1.82, 2.24) is 4.98 Å². The number of rotatable bonds is 4. The number of aryl methyl sites for hydroxylation is 1. The molecule has 0 aliphatic heterocycles. The van der Waals surface area contributed by atoms with Crippen LogP contribution in [0.5, 0.6) is 5.75 Å². The highest BCUT2D eigenvalue weighted by atomic mass is 16.5. The third-order valence-corrected chi connectivity index (χ3v) is 4.32. The average Bonchev–Trinajstić information content (AvgIpc) is 3.01. The van der Waals surface area contributed by atoms with E-state index in [1.807, 2.05) is 36.5 Å². The summed E-state index contributed by atoms with van der Waals surface area (Å²) >= 11 is 0. The summed E-state index contributed by atoms with van der Waals surface area (Å²) in [6, 6.07) is 25.0. The van der Waals surface area contributed by atoms with Crippen LogP contribution in [0.2, 0.25) is 0 Å². The molecule has 0 amide bonds. The molecule has 1 aromatic heterocycles. The molecule has 0 fully saturated rings. The topological polar surface area (TPSA) is 25.0 Å². The number of aromatic nitrogens is 1. The molecule has 0 aliphatic rings. The van der Waals surface area contributed by atoms with Crippen LogP contribution in [-0.2, 0) is 6.61 Å². The van der Waals surface area contributed by atoms with Crippen LogP contribution < -0.4 is 4.74 Å². The van der Waals surface area contributed by atoms with Crippen LogP contribution in [-0.4, -0.2) is 4.98 Å². The summed E-state index contributed by atoms with van der Waals surface area (Å²) in [7, 11) is 0. The van der Waals surface area contributed by atoms with Crippen LogP contribution in [0.4, 0.5) is 0 Å². The first-order valence-corrected chi connectivity index (χ1v) is 8.15. The zero-order valence-electron chi connectivity index (χ0n) is 13.6. The second-order valence-corrected chi connectivity index (χ2v) is 6.00. The molecule has 0 bridgehead atoms. The number of hydrogen-bond acceptors (Lipinski definition) is 1. The largest absolute Gasteiger partial charge is 0.488 e. The van der Waals surface area contributed by atoms with Crippen molar-refractivity contribution in [1.29, 1.82) is 0 Å². The van der Waals surface area contributed by atoms with Gasteiger partial charge in [0.15, 0.2) is 0 Å². The number of aromatic amines is 1. The summed E-state index contributed by atoms with van der Waals surface area (Å²) in [5.74, 6) is 0.906. The summed E-state index contributed by atoms with van der Waals surface area (Å²) < 4.78 is 6.08. The van der Waals surface area contributed by atoms with Crippen LogP contribution in [0.25, 0.3) is 22.0 Å². The van der Waals surface area contributed by atoms with Crippen molar-refractivity contribution >= 4 is 10.9 Å². The number of H-pyrrole nitrogens is 1. The minimum Gasteiger partial charge on any atom is -0.488 e. The minimum atomic E-state index is 0.571. The Morgan fingerprint density at radius 3 is 2.54 bits per heavy atom. The maximum absolute atomic E-state index is 6.08. The van der Waals surface area contributed by atoms with Crippen molar-refractivity contribution in [2.24, 2.45) is 0 Å². The molecule has 4 aromatic rings. The van der Waals surface area contributed by atoms with E-state index in [0.29, 0.717) is 6.61 Å². The summed E-state index contributed by atoms with van der Waals surface area (Å²) in [5, 5.41) is 1.27. The van der Waals surface area contributed by atoms with Crippen LogP contribution in [0.15, 0.2) is 79.0 Å². The summed E-state index contributed by atoms with van der Waals surface area (Å²) in [6.45, 7) is 2.69. The Hall–Kier alpha value is -3.00. The van der Waals surface area contributed by atoms with Gasteiger partial charge in [0.05, 0.1) is 0 Å². The lowest BCUT2D eigenvalue weighted by atomic mass is 10.0. The Morgan fingerprint density at radius 2 is 1.67 bits per heavy atom. The van der Waals surface area contributed by atoms with Gasteiger partial charge in [0.25, 0.3) is 0 Å². The van der Waals surface area contributed by atoms with E-state index in [-0.39, 0.29) is 0 Å². The van der Waals surface area contributed by atoms with Crippen molar-refractivity contribution in [3.63, 3.8) is 0 Å². The van der Waals surface area contributed by atoms with Gasteiger partial charge in [0.1, 0.15) is 12.4 Å². The molecule has 4 rings (SSSR count). The van der Waals surface area contributed by atoms with Gasteiger partial charge in [-0.05, 0) is 35.7 Å². The monoisotopic (exact) mass is 313 g/mol. The van der Waals surface area contributed by atoms with Gasteiger partial charge in [0, 0.05) is 22.7 Å². The molecule has 1 heterocycles. The van der Waals surface area contributed by atoms with E-state index in [0.717, 1.165) is 22.4 Å². The minimum absolute atomic E-state index is 0.571. The Kier molecular flexibility index (Phi) is 3.80. The second kappa shape index (κ2) is 6.25. The third-order valence-electron chi connectivity index (χ3n) is 4.32. The molecule has 2 nitrogen and oxygen atoms in total. The van der Waals surface area contributed by atoms with Crippen molar-refractivity contribution in [2.45, 2.75) is 13.5 Å². The van der Waals surface area contributed by atoms with E-state index in [9.17, 15) is 0 Å². The number of nitrogens with one attached hydrogen (secondary N) is 1. The van der Waals surface area contributed by atoms with E-state index in [2.05, 4.69) is 54.4 Å². The molecule has 0 atom stereocenters. The molecule has 118 valence electrons. The first kappa shape index (κ1) is 14.6. The number of hydrogen-bond donors (Lipinski definition) is 1. The predicted molar refractivity (Wildman–Crippen MR) is 99.2 cm³/mol. The van der Waals surface area contributed by atoms with Gasteiger partial charge >= 0.3 is 0 Å². The number of ether oxygens (including phenoxy) is 1. The molecule has 24 heavy (non-hydrogen) atoms. The quantitative estimate of drug-likeness (QED) is 0.512. The van der Waals surface area contributed by atoms with Crippen LogP contribution >= 0.6 is 0 Å². The molecule has 0 spiro atoms. The lowest BCUT2D eigenvalue weighted by molar-refractivity contribution is 0.307. The van der Waals surface area contributed by atoms with E-state index in [1.54, 1.807) is 0 Å². The third kappa shape index (κ3) is 2.79. The first-order chi connectivity index (χ1) is 11.8. The van der Waals surface area contributed by atoms with Gasteiger partial charge in [0.2, 0.25) is 0 Å². The van der Waals surface area contributed by atoms with Crippen molar-refractivity contribution in [3.05, 3.63) is 90.1 Å². The van der Waals surface area contributed by atoms with Gasteiger partial charge in [-0.2, -0.15) is 0 Å². The summed E-state index contributed by atoms with van der Waals surface area (Å²) in [6.07, 6.45) is 2.05. The molecular formula is C22H19NO. The van der Waals surface area contributed by atoms with Gasteiger partial charge in [-0.3, -0.25) is 0 Å². The Bertz CT molecular complexity index is 970. The molecule has 0 saturated heterocycles. The maximum Gasteiger partial charge on any atom is 0.127 e. The summed E-state index contributed by atoms with van der Waals surface area (Å²) in [5.41, 5.74) is 5.87. The van der Waals surface area contributed by atoms with Gasteiger partial charge in [-0.25, -0.2) is 0 Å². The SMILES string of the molecule is Cc1c[nH]c2cc(-c3ccccc3OCc3ccccc3)ccc12. The zero-order chi connectivity index (χ0) is 16.4. The predicted octanol–water partition coefficient (Wildman–Crippen LogP) is 5.72. The van der Waals surface area contributed by atoms with Gasteiger partial charge < -0.3 is 9.72 Å². The second-order valence-electron chi connectivity index (χ2n) is 6.00. The fourth-order valence-electron chi connectivity index (χ4n) is 3.01. The lowest BCUT2D eigenvalue weighted by Crippen LogP contribution is -1.96. The highest BCUT2D eigenvalue weighted by molar-refractivity contribution is 5.88. The van der Waals surface area contributed by atoms with Gasteiger partial charge in [-0.1, -0.05) is 60.7 Å². The van der Waals surface area contributed by atoms with Gasteiger partial charge in [-0.15, -0.1) is 0 Å². The van der Waals surface area contributed by atoms with E-state index >= 15 is 0 Å². The zero-order valence-corrected chi connectivity index (χ0v) is 13.6. The highest BCUT2D eigenvalue weighted by Crippen LogP contribution is 2.32. The molecule has 0 radical (unpaired) electrons. The molecule has 0 aliphatic carbocycles. The van der Waals surface area contributed by atoms with Crippen molar-refractivity contribution in [3.8, 4) is 16.9 Å². The summed E-state index contributed by atoms with van der Waals surface area (Å²) in [4.78, 5) is 3.33. The number of benzene rings is 3. The van der Waals surface area contributed by atoms with E-state index < -0.39 is 0 Å². The van der Waals surface area contributed by atoms with E-state index in [1.165, 1.54) is 16.5 Å². The Labute approximate surface area is 141 Å². The van der Waals surface area contributed by atoms with Crippen molar-refractivity contribution < 1.29 is 4.74 Å². The lowest BCUT2D eigenvalue weighted by Gasteiger charge is -2.12. The van der Waals surface area contributed by atoms with E-state index in [4.69, 9.17) is 4.74 Å². The first-order valence-electron chi connectivity index (χ1n) is 8.15. The van der Waals surface area contributed by atoms with Crippen LogP contribution in [0.3, 0.4) is 0 Å². The number of para-hydroxylation sites is 1. The molecule has 0 saturated carbocycles. The molecule has 1 N–H and O–H groups in total.